The van der Waals surface area contributed by atoms with Crippen LogP contribution in [0.1, 0.15) is 15.2 Å². The summed E-state index contributed by atoms with van der Waals surface area (Å²) in [6.45, 7) is 5.36. The molecule has 2 aromatic carbocycles. The van der Waals surface area contributed by atoms with Gasteiger partial charge in [-0.25, -0.2) is 0 Å². The Morgan fingerprint density at radius 1 is 1.08 bits per heavy atom. The fraction of sp³-hybridized carbons (Fsp3) is 0.250. The van der Waals surface area contributed by atoms with Gasteiger partial charge in [0.15, 0.2) is 0 Å². The molecule has 0 spiro atoms. The van der Waals surface area contributed by atoms with E-state index in [-0.39, 0.29) is 5.91 Å². The molecular weight excluding hydrogens is 332 g/mol. The molecule has 4 rings (SSSR count). The van der Waals surface area contributed by atoms with Crippen LogP contribution < -0.4 is 10.2 Å². The fourth-order valence-corrected chi connectivity index (χ4v) is 4.26. The molecule has 25 heavy (non-hydrogen) atoms. The maximum absolute atomic E-state index is 12.7. The van der Waals surface area contributed by atoms with Crippen LogP contribution in [-0.4, -0.2) is 32.2 Å². The van der Waals surface area contributed by atoms with Crippen molar-refractivity contribution in [1.29, 1.82) is 0 Å². The molecule has 128 valence electrons. The molecule has 0 aliphatic carbocycles. The first-order chi connectivity index (χ1) is 12.2. The monoisotopic (exact) mass is 352 g/mol. The Bertz CT molecular complexity index is 896. The summed E-state index contributed by atoms with van der Waals surface area (Å²) in [7, 11) is 0. The molecule has 1 N–H and O–H groups in total. The van der Waals surface area contributed by atoms with Crippen molar-refractivity contribution >= 4 is 38.7 Å². The van der Waals surface area contributed by atoms with Gasteiger partial charge in [0.2, 0.25) is 0 Å². The van der Waals surface area contributed by atoms with Gasteiger partial charge in [0.05, 0.1) is 18.1 Å². The number of thiophene rings is 1. The third kappa shape index (κ3) is 3.25. The van der Waals surface area contributed by atoms with Gasteiger partial charge in [-0.3, -0.25) is 4.79 Å². The smallest absolute Gasteiger partial charge is 0.266 e. The average molecular weight is 352 g/mol. The van der Waals surface area contributed by atoms with Crippen molar-refractivity contribution in [2.45, 2.75) is 6.92 Å². The van der Waals surface area contributed by atoms with Gasteiger partial charge >= 0.3 is 0 Å². The number of aryl methyl sites for hydroxylation is 1. The second-order valence-electron chi connectivity index (χ2n) is 6.15. The van der Waals surface area contributed by atoms with Gasteiger partial charge in [0.1, 0.15) is 0 Å². The van der Waals surface area contributed by atoms with Gasteiger partial charge < -0.3 is 15.0 Å². The molecule has 1 aromatic heterocycles. The van der Waals surface area contributed by atoms with E-state index in [0.29, 0.717) is 0 Å². The highest BCUT2D eigenvalue weighted by Gasteiger charge is 2.16. The van der Waals surface area contributed by atoms with Gasteiger partial charge in [0, 0.05) is 29.2 Å². The Morgan fingerprint density at radius 2 is 1.80 bits per heavy atom. The summed E-state index contributed by atoms with van der Waals surface area (Å²) in [5.74, 6) is -0.0437. The topological polar surface area (TPSA) is 41.6 Å². The van der Waals surface area contributed by atoms with Crippen LogP contribution in [0.5, 0.6) is 0 Å². The largest absolute Gasteiger partial charge is 0.378 e. The van der Waals surface area contributed by atoms with Crippen LogP contribution in [0.2, 0.25) is 0 Å². The van der Waals surface area contributed by atoms with Crippen LogP contribution in [0.15, 0.2) is 48.5 Å². The van der Waals surface area contributed by atoms with Crippen LogP contribution in [0.3, 0.4) is 0 Å². The van der Waals surface area contributed by atoms with Crippen LogP contribution >= 0.6 is 11.3 Å². The van der Waals surface area contributed by atoms with Crippen LogP contribution in [0.4, 0.5) is 11.4 Å². The number of nitrogens with one attached hydrogen (secondary N) is 1. The molecule has 1 amide bonds. The van der Waals surface area contributed by atoms with E-state index in [9.17, 15) is 4.79 Å². The van der Waals surface area contributed by atoms with Crippen molar-refractivity contribution in [2.24, 2.45) is 0 Å². The van der Waals surface area contributed by atoms with Crippen molar-refractivity contribution in [1.82, 2.24) is 0 Å². The van der Waals surface area contributed by atoms with Crippen molar-refractivity contribution in [2.75, 3.05) is 36.5 Å². The molecule has 1 saturated heterocycles. The molecule has 3 aromatic rings. The first-order valence-corrected chi connectivity index (χ1v) is 9.26. The number of carbonyl (C=O) groups excluding carboxylic acids is 1. The highest BCUT2D eigenvalue weighted by Crippen LogP contribution is 2.31. The predicted molar refractivity (Wildman–Crippen MR) is 104 cm³/mol. The Labute approximate surface area is 151 Å². The summed E-state index contributed by atoms with van der Waals surface area (Å²) < 4.78 is 6.53. The lowest BCUT2D eigenvalue weighted by molar-refractivity contribution is 0.103. The number of benzene rings is 2. The Balaban J connectivity index is 1.51. The minimum absolute atomic E-state index is 0.0437. The van der Waals surface area contributed by atoms with Crippen molar-refractivity contribution < 1.29 is 9.53 Å². The third-order valence-corrected chi connectivity index (χ3v) is 5.82. The van der Waals surface area contributed by atoms with Crippen LogP contribution in [0.25, 0.3) is 10.1 Å². The zero-order valence-corrected chi connectivity index (χ0v) is 14.9. The third-order valence-electron chi connectivity index (χ3n) is 4.55. The van der Waals surface area contributed by atoms with E-state index in [1.807, 2.05) is 31.2 Å². The molecule has 5 heteroatoms. The lowest BCUT2D eigenvalue weighted by Gasteiger charge is -2.28. The van der Waals surface area contributed by atoms with Crippen molar-refractivity contribution in [3.63, 3.8) is 0 Å². The number of amides is 1. The first kappa shape index (κ1) is 16.1. The summed E-state index contributed by atoms with van der Waals surface area (Å²) in [4.78, 5) is 15.7. The SMILES string of the molecule is Cc1c(C(=O)Nc2ccc(N3CCOCC3)cc2)sc2ccccc12. The quantitative estimate of drug-likeness (QED) is 0.764. The van der Waals surface area contributed by atoms with Gasteiger partial charge in [0.25, 0.3) is 5.91 Å². The van der Waals surface area contributed by atoms with Gasteiger partial charge in [-0.05, 0) is 48.2 Å². The number of morpholine rings is 1. The number of carbonyl (C=O) groups is 1. The molecular formula is C20H20N2O2S. The number of ether oxygens (including phenoxy) is 1. The lowest BCUT2D eigenvalue weighted by Crippen LogP contribution is -2.36. The molecule has 4 nitrogen and oxygen atoms in total. The highest BCUT2D eigenvalue weighted by atomic mass is 32.1. The molecule has 0 radical (unpaired) electrons. The number of nitrogens with zero attached hydrogens (tertiary/aromatic N) is 1. The Hall–Kier alpha value is -2.37. The Kier molecular flexibility index (Phi) is 4.42. The van der Waals surface area contributed by atoms with Gasteiger partial charge in [-0.2, -0.15) is 0 Å². The van der Waals surface area contributed by atoms with E-state index in [2.05, 4.69) is 34.5 Å². The summed E-state index contributed by atoms with van der Waals surface area (Å²) in [6, 6.07) is 16.2. The normalized spacial score (nSPS) is 14.7. The first-order valence-electron chi connectivity index (χ1n) is 8.44. The van der Waals surface area contributed by atoms with Crippen molar-refractivity contribution in [3.8, 4) is 0 Å². The molecule has 1 fully saturated rings. The minimum atomic E-state index is -0.0437. The highest BCUT2D eigenvalue weighted by molar-refractivity contribution is 7.21. The molecule has 1 aliphatic heterocycles. The van der Waals surface area contributed by atoms with E-state index in [4.69, 9.17) is 4.74 Å². The molecule has 0 saturated carbocycles. The number of hydrogen-bond donors (Lipinski definition) is 1. The zero-order valence-electron chi connectivity index (χ0n) is 14.1. The fourth-order valence-electron chi connectivity index (χ4n) is 3.16. The number of rotatable bonds is 3. The molecule has 0 atom stereocenters. The summed E-state index contributed by atoms with van der Waals surface area (Å²) in [5, 5.41) is 4.17. The minimum Gasteiger partial charge on any atom is -0.378 e. The summed E-state index contributed by atoms with van der Waals surface area (Å²) in [5.41, 5.74) is 3.03. The van der Waals surface area contributed by atoms with Gasteiger partial charge in [-0.1, -0.05) is 18.2 Å². The summed E-state index contributed by atoms with van der Waals surface area (Å²) >= 11 is 1.54. The zero-order chi connectivity index (χ0) is 17.2. The number of anilines is 2. The maximum atomic E-state index is 12.7. The molecule has 2 heterocycles. The predicted octanol–water partition coefficient (Wildman–Crippen LogP) is 4.30. The van der Waals surface area contributed by atoms with Crippen LogP contribution in [-0.2, 0) is 4.74 Å². The van der Waals surface area contributed by atoms with E-state index < -0.39 is 0 Å². The van der Waals surface area contributed by atoms with E-state index in [0.717, 1.165) is 52.5 Å². The number of hydrogen-bond acceptors (Lipinski definition) is 4. The molecule has 0 unspecified atom stereocenters. The second-order valence-corrected chi connectivity index (χ2v) is 7.20. The number of fused-ring (bicyclic) bond motifs is 1. The molecule has 0 bridgehead atoms. The second kappa shape index (κ2) is 6.86. The lowest BCUT2D eigenvalue weighted by atomic mass is 10.1. The molecule has 1 aliphatic rings. The summed E-state index contributed by atoms with van der Waals surface area (Å²) in [6.07, 6.45) is 0. The van der Waals surface area contributed by atoms with Crippen molar-refractivity contribution in [3.05, 3.63) is 59.0 Å². The average Bonchev–Trinajstić information content (AvgIpc) is 3.00. The Morgan fingerprint density at radius 3 is 2.52 bits per heavy atom. The van der Waals surface area contributed by atoms with E-state index in [1.54, 1.807) is 11.3 Å². The van der Waals surface area contributed by atoms with Gasteiger partial charge in [-0.15, -0.1) is 11.3 Å². The van der Waals surface area contributed by atoms with Crippen LogP contribution in [0, 0.1) is 6.92 Å². The van der Waals surface area contributed by atoms with E-state index in [1.165, 1.54) is 5.69 Å². The standard InChI is InChI=1S/C20H20N2O2S/c1-14-17-4-2-3-5-18(17)25-19(14)20(23)21-15-6-8-16(9-7-15)22-10-12-24-13-11-22/h2-9H,10-13H2,1H3,(H,21,23). The maximum Gasteiger partial charge on any atom is 0.266 e. The van der Waals surface area contributed by atoms with E-state index >= 15 is 0 Å².